The number of hydrogen-bond acceptors (Lipinski definition) is 0. The summed E-state index contributed by atoms with van der Waals surface area (Å²) in [7, 11) is 0. The van der Waals surface area contributed by atoms with Gasteiger partial charge in [-0.1, -0.05) is 12.1 Å². The first kappa shape index (κ1) is 8.11. The van der Waals surface area contributed by atoms with Gasteiger partial charge in [-0.15, -0.1) is 0 Å². The molecular formula is C12H12N. The minimum Gasteiger partial charge on any atom is -0.324 e. The Morgan fingerprint density at radius 1 is 1.08 bits per heavy atom. The Morgan fingerprint density at radius 3 is 2.46 bits per heavy atom. The number of hydrogen-bond donors (Lipinski definition) is 0. The molecule has 0 saturated carbocycles. The van der Waals surface area contributed by atoms with E-state index in [0.29, 0.717) is 0 Å². The minimum atomic E-state index is 1.09. The molecule has 0 fully saturated rings. The second-order valence-corrected chi connectivity index (χ2v) is 3.15. The quantitative estimate of drug-likeness (QED) is 0.620. The molecule has 0 unspecified atom stereocenters. The van der Waals surface area contributed by atoms with Crippen molar-refractivity contribution in [2.24, 2.45) is 0 Å². The van der Waals surface area contributed by atoms with Crippen molar-refractivity contribution >= 4 is 0 Å². The highest BCUT2D eigenvalue weighted by atomic mass is 14.9. The van der Waals surface area contributed by atoms with Gasteiger partial charge in [-0.3, -0.25) is 0 Å². The lowest BCUT2D eigenvalue weighted by molar-refractivity contribution is 1.06. The summed E-state index contributed by atoms with van der Waals surface area (Å²) >= 11 is 0. The number of rotatable bonds is 1. The van der Waals surface area contributed by atoms with Gasteiger partial charge >= 0.3 is 0 Å². The van der Waals surface area contributed by atoms with Gasteiger partial charge in [0.05, 0.1) is 0 Å². The molecule has 0 N–H and O–H groups in total. The minimum absolute atomic E-state index is 1.09. The van der Waals surface area contributed by atoms with Crippen LogP contribution in [0.15, 0.2) is 42.7 Å². The van der Waals surface area contributed by atoms with Crippen molar-refractivity contribution in [3.63, 3.8) is 0 Å². The highest BCUT2D eigenvalue weighted by Gasteiger charge is 2.00. The molecule has 0 saturated heterocycles. The smallest absolute Gasteiger partial charge is 0.0481 e. The zero-order valence-electron chi connectivity index (χ0n) is 7.70. The van der Waals surface area contributed by atoms with Crippen LogP contribution in [0.1, 0.15) is 11.1 Å². The predicted octanol–water partition coefficient (Wildman–Crippen LogP) is 2.97. The summed E-state index contributed by atoms with van der Waals surface area (Å²) in [5.41, 5.74) is 3.53. The first-order valence-electron chi connectivity index (χ1n) is 4.34. The van der Waals surface area contributed by atoms with Crippen LogP contribution in [0.2, 0.25) is 0 Å². The zero-order chi connectivity index (χ0) is 9.26. The summed E-state index contributed by atoms with van der Waals surface area (Å²) in [5.74, 6) is 0. The van der Waals surface area contributed by atoms with E-state index in [1.807, 2.05) is 36.7 Å². The molecule has 13 heavy (non-hydrogen) atoms. The normalized spacial score (nSPS) is 10.3. The highest BCUT2D eigenvalue weighted by molar-refractivity contribution is 5.46. The van der Waals surface area contributed by atoms with Crippen LogP contribution in [0.3, 0.4) is 0 Å². The van der Waals surface area contributed by atoms with E-state index >= 15 is 0 Å². The van der Waals surface area contributed by atoms with E-state index in [2.05, 4.69) is 24.5 Å². The summed E-state index contributed by atoms with van der Waals surface area (Å²) in [6.45, 7) is 6.07. The molecule has 1 nitrogen and oxygen atoms in total. The van der Waals surface area contributed by atoms with Gasteiger partial charge in [0.15, 0.2) is 0 Å². The Balaban J connectivity index is 2.59. The molecule has 1 heterocycles. The van der Waals surface area contributed by atoms with E-state index in [9.17, 15) is 0 Å². The van der Waals surface area contributed by atoms with Crippen LogP contribution < -0.4 is 0 Å². The fourth-order valence-electron chi connectivity index (χ4n) is 1.44. The van der Waals surface area contributed by atoms with Gasteiger partial charge in [-0.05, 0) is 43.2 Å². The van der Waals surface area contributed by atoms with Gasteiger partial charge in [0.25, 0.3) is 0 Å². The van der Waals surface area contributed by atoms with Crippen LogP contribution in [-0.2, 0) is 0 Å². The molecule has 0 spiro atoms. The van der Waals surface area contributed by atoms with Gasteiger partial charge in [0.1, 0.15) is 0 Å². The first-order chi connectivity index (χ1) is 6.29. The molecule has 1 radical (unpaired) electrons. The zero-order valence-corrected chi connectivity index (χ0v) is 7.70. The third kappa shape index (κ3) is 1.37. The largest absolute Gasteiger partial charge is 0.324 e. The van der Waals surface area contributed by atoms with Crippen LogP contribution in [0.5, 0.6) is 0 Å². The van der Waals surface area contributed by atoms with E-state index in [0.717, 1.165) is 5.56 Å². The van der Waals surface area contributed by atoms with Crippen molar-refractivity contribution in [1.29, 1.82) is 0 Å². The topological polar surface area (TPSA) is 4.93 Å². The maximum Gasteiger partial charge on any atom is 0.0481 e. The first-order valence-corrected chi connectivity index (χ1v) is 4.34. The SMILES string of the molecule is [CH2]c1cccc(-n2cccc2)c1C. The fraction of sp³-hybridized carbons (Fsp3) is 0.0833. The van der Waals surface area contributed by atoms with Crippen LogP contribution >= 0.6 is 0 Å². The van der Waals surface area contributed by atoms with Gasteiger partial charge in [-0.25, -0.2) is 0 Å². The summed E-state index contributed by atoms with van der Waals surface area (Å²) < 4.78 is 2.10. The van der Waals surface area contributed by atoms with Crippen molar-refractivity contribution in [3.8, 4) is 5.69 Å². The Labute approximate surface area is 78.6 Å². The van der Waals surface area contributed by atoms with Crippen molar-refractivity contribution < 1.29 is 0 Å². The lowest BCUT2D eigenvalue weighted by atomic mass is 10.1. The average molecular weight is 170 g/mol. The average Bonchev–Trinajstić information content (AvgIpc) is 2.62. The number of benzene rings is 1. The second-order valence-electron chi connectivity index (χ2n) is 3.15. The molecule has 0 aliphatic carbocycles. The van der Waals surface area contributed by atoms with Crippen LogP contribution in [-0.4, -0.2) is 4.57 Å². The third-order valence-electron chi connectivity index (χ3n) is 2.30. The summed E-state index contributed by atoms with van der Waals surface area (Å²) in [5, 5.41) is 0. The summed E-state index contributed by atoms with van der Waals surface area (Å²) in [6.07, 6.45) is 4.09. The van der Waals surface area contributed by atoms with E-state index in [-0.39, 0.29) is 0 Å². The van der Waals surface area contributed by atoms with Crippen molar-refractivity contribution in [1.82, 2.24) is 4.57 Å². The van der Waals surface area contributed by atoms with Crippen LogP contribution in [0.4, 0.5) is 0 Å². The van der Waals surface area contributed by atoms with Crippen molar-refractivity contribution in [2.45, 2.75) is 6.92 Å². The maximum atomic E-state index is 3.98. The molecule has 0 aliphatic heterocycles. The molecule has 0 aliphatic rings. The van der Waals surface area contributed by atoms with Crippen LogP contribution in [0.25, 0.3) is 5.69 Å². The van der Waals surface area contributed by atoms with Gasteiger partial charge < -0.3 is 4.57 Å². The highest BCUT2D eigenvalue weighted by Crippen LogP contribution is 2.16. The summed E-state index contributed by atoms with van der Waals surface area (Å²) in [4.78, 5) is 0. The molecule has 0 amide bonds. The molecule has 1 aromatic heterocycles. The Bertz CT molecular complexity index is 399. The Kier molecular flexibility index (Phi) is 1.93. The predicted molar refractivity (Wildman–Crippen MR) is 55.0 cm³/mol. The Hall–Kier alpha value is -1.50. The van der Waals surface area contributed by atoms with E-state index in [1.165, 1.54) is 11.3 Å². The molecule has 2 rings (SSSR count). The van der Waals surface area contributed by atoms with Crippen molar-refractivity contribution in [2.75, 3.05) is 0 Å². The third-order valence-corrected chi connectivity index (χ3v) is 2.30. The van der Waals surface area contributed by atoms with Crippen LogP contribution in [0, 0.1) is 13.8 Å². The number of nitrogens with zero attached hydrogens (tertiary/aromatic N) is 1. The van der Waals surface area contributed by atoms with E-state index < -0.39 is 0 Å². The Morgan fingerprint density at radius 2 is 1.77 bits per heavy atom. The molecular weight excluding hydrogens is 158 g/mol. The van der Waals surface area contributed by atoms with E-state index in [1.54, 1.807) is 0 Å². The monoisotopic (exact) mass is 170 g/mol. The number of aromatic nitrogens is 1. The lowest BCUT2D eigenvalue weighted by Crippen LogP contribution is -1.94. The van der Waals surface area contributed by atoms with E-state index in [4.69, 9.17) is 0 Å². The molecule has 0 bridgehead atoms. The molecule has 2 aromatic rings. The molecule has 0 atom stereocenters. The van der Waals surface area contributed by atoms with Crippen molar-refractivity contribution in [3.05, 3.63) is 60.8 Å². The maximum absolute atomic E-state index is 3.98. The lowest BCUT2D eigenvalue weighted by Gasteiger charge is -2.08. The molecule has 1 aromatic carbocycles. The summed E-state index contributed by atoms with van der Waals surface area (Å²) in [6, 6.07) is 10.2. The fourth-order valence-corrected chi connectivity index (χ4v) is 1.44. The van der Waals surface area contributed by atoms with Gasteiger partial charge in [0, 0.05) is 18.1 Å². The van der Waals surface area contributed by atoms with Gasteiger partial charge in [0.2, 0.25) is 0 Å². The second kappa shape index (κ2) is 3.09. The standard InChI is InChI=1S/C12H12N/c1-10-6-5-7-12(11(10)2)13-8-3-4-9-13/h3-9H,1H2,2H3. The molecule has 1 heteroatoms. The molecule has 65 valence electrons. The van der Waals surface area contributed by atoms with Gasteiger partial charge in [-0.2, -0.15) is 0 Å².